The number of rotatable bonds is 4. The molecule has 0 saturated heterocycles. The molecule has 0 aliphatic carbocycles. The van der Waals surface area contributed by atoms with Gasteiger partial charge in [0.15, 0.2) is 11.6 Å². The molecule has 90 valence electrons. The summed E-state index contributed by atoms with van der Waals surface area (Å²) in [6.45, 7) is 0.505. The molecule has 0 unspecified atom stereocenters. The van der Waals surface area contributed by atoms with Gasteiger partial charge in [-0.1, -0.05) is 12.1 Å². The molecule has 1 rings (SSSR count). The average Bonchev–Trinajstić information content (AvgIpc) is 2.17. The highest BCUT2D eigenvalue weighted by Crippen LogP contribution is 2.20. The molecule has 0 heterocycles. The molecule has 0 fully saturated rings. The van der Waals surface area contributed by atoms with Crippen molar-refractivity contribution in [1.29, 1.82) is 0 Å². The number of halogens is 4. The first-order valence-electron chi connectivity index (χ1n) is 4.49. The molecule has 0 N–H and O–H groups in total. The van der Waals surface area contributed by atoms with E-state index in [0.29, 0.717) is 5.56 Å². The number of hydrogen-bond acceptors (Lipinski definition) is 2. The molecule has 0 spiro atoms. The fourth-order valence-corrected chi connectivity index (χ4v) is 1.04. The second kappa shape index (κ2) is 5.16. The van der Waals surface area contributed by atoms with Crippen molar-refractivity contribution < 1.29 is 27.0 Å². The fraction of sp³-hybridized carbons (Fsp3) is 0.400. The SMILES string of the molecule is Cc1cccc(OCCOC(F)(F)F)c1F. The summed E-state index contributed by atoms with van der Waals surface area (Å²) in [6, 6.07) is 4.43. The normalized spacial score (nSPS) is 11.6. The first-order chi connectivity index (χ1) is 7.40. The lowest BCUT2D eigenvalue weighted by molar-refractivity contribution is -0.325. The first-order valence-corrected chi connectivity index (χ1v) is 4.49. The Hall–Kier alpha value is -1.30. The molecule has 0 amide bonds. The number of benzene rings is 1. The smallest absolute Gasteiger partial charge is 0.488 e. The van der Waals surface area contributed by atoms with E-state index in [2.05, 4.69) is 4.74 Å². The number of alkyl halides is 3. The van der Waals surface area contributed by atoms with Crippen LogP contribution in [0, 0.1) is 12.7 Å². The van der Waals surface area contributed by atoms with Crippen LogP contribution in [0.4, 0.5) is 17.6 Å². The number of ether oxygens (including phenoxy) is 2. The lowest BCUT2D eigenvalue weighted by Crippen LogP contribution is -2.18. The molecule has 6 heteroatoms. The quantitative estimate of drug-likeness (QED) is 0.593. The maximum Gasteiger partial charge on any atom is 0.522 e. The molecule has 0 saturated carbocycles. The third-order valence-corrected chi connectivity index (χ3v) is 1.76. The zero-order valence-electron chi connectivity index (χ0n) is 8.47. The molecule has 0 bridgehead atoms. The van der Waals surface area contributed by atoms with Crippen molar-refractivity contribution in [2.45, 2.75) is 13.3 Å². The van der Waals surface area contributed by atoms with Crippen LogP contribution in [0.1, 0.15) is 5.56 Å². The Morgan fingerprint density at radius 3 is 2.50 bits per heavy atom. The minimum atomic E-state index is -4.69. The van der Waals surface area contributed by atoms with Crippen molar-refractivity contribution >= 4 is 0 Å². The molecule has 1 aromatic carbocycles. The van der Waals surface area contributed by atoms with Gasteiger partial charge in [-0.05, 0) is 18.6 Å². The Labute approximate surface area is 89.8 Å². The summed E-state index contributed by atoms with van der Waals surface area (Å²) in [5.74, 6) is -0.653. The van der Waals surface area contributed by atoms with Crippen molar-refractivity contribution in [2.24, 2.45) is 0 Å². The predicted molar refractivity (Wildman–Crippen MR) is 48.6 cm³/mol. The molecular formula is C10H10F4O2. The van der Waals surface area contributed by atoms with Gasteiger partial charge in [-0.3, -0.25) is 4.74 Å². The van der Waals surface area contributed by atoms with Gasteiger partial charge in [0.25, 0.3) is 0 Å². The van der Waals surface area contributed by atoms with E-state index in [1.807, 2.05) is 0 Å². The van der Waals surface area contributed by atoms with E-state index in [1.165, 1.54) is 19.1 Å². The van der Waals surface area contributed by atoms with E-state index >= 15 is 0 Å². The van der Waals surface area contributed by atoms with Crippen molar-refractivity contribution in [1.82, 2.24) is 0 Å². The molecule has 0 aromatic heterocycles. The molecule has 1 aromatic rings. The highest BCUT2D eigenvalue weighted by atomic mass is 19.4. The summed E-state index contributed by atoms with van der Waals surface area (Å²) in [6.07, 6.45) is -4.69. The van der Waals surface area contributed by atoms with E-state index < -0.39 is 18.8 Å². The highest BCUT2D eigenvalue weighted by molar-refractivity contribution is 5.29. The minimum absolute atomic E-state index is 0.0780. The Morgan fingerprint density at radius 2 is 1.88 bits per heavy atom. The summed E-state index contributed by atoms with van der Waals surface area (Å²) < 4.78 is 56.3. The van der Waals surface area contributed by atoms with Gasteiger partial charge in [-0.2, -0.15) is 0 Å². The van der Waals surface area contributed by atoms with Crippen molar-refractivity contribution in [2.75, 3.05) is 13.2 Å². The largest absolute Gasteiger partial charge is 0.522 e. The second-order valence-corrected chi connectivity index (χ2v) is 3.03. The van der Waals surface area contributed by atoms with Crippen LogP contribution in [0.15, 0.2) is 18.2 Å². The van der Waals surface area contributed by atoms with Crippen molar-refractivity contribution in [3.63, 3.8) is 0 Å². The van der Waals surface area contributed by atoms with Crippen LogP contribution in [-0.4, -0.2) is 19.6 Å². The van der Waals surface area contributed by atoms with Crippen molar-refractivity contribution in [3.8, 4) is 5.75 Å². The third-order valence-electron chi connectivity index (χ3n) is 1.76. The van der Waals surface area contributed by atoms with Gasteiger partial charge in [0.1, 0.15) is 6.61 Å². The molecule has 0 aliphatic heterocycles. The first kappa shape index (κ1) is 12.8. The zero-order valence-corrected chi connectivity index (χ0v) is 8.47. The fourth-order valence-electron chi connectivity index (χ4n) is 1.04. The molecule has 0 aliphatic rings. The summed E-state index contributed by atoms with van der Waals surface area (Å²) in [5.41, 5.74) is 0.370. The van der Waals surface area contributed by atoms with Gasteiger partial charge in [0.05, 0.1) is 6.61 Å². The molecule has 16 heavy (non-hydrogen) atoms. The maximum atomic E-state index is 13.3. The standard InChI is InChI=1S/C10H10F4O2/c1-7-3-2-4-8(9(7)11)15-5-6-16-10(12,13)14/h2-4H,5-6H2,1H3. The van der Waals surface area contributed by atoms with Crippen molar-refractivity contribution in [3.05, 3.63) is 29.6 Å². The maximum absolute atomic E-state index is 13.3. The molecule has 0 atom stereocenters. The van der Waals surface area contributed by atoms with Gasteiger partial charge in [0.2, 0.25) is 0 Å². The topological polar surface area (TPSA) is 18.5 Å². The van der Waals surface area contributed by atoms with Gasteiger partial charge in [0, 0.05) is 0 Å². The van der Waals surface area contributed by atoms with Gasteiger partial charge >= 0.3 is 6.36 Å². The second-order valence-electron chi connectivity index (χ2n) is 3.03. The molecular weight excluding hydrogens is 228 g/mol. The van der Waals surface area contributed by atoms with Gasteiger partial charge in [-0.25, -0.2) is 4.39 Å². The van der Waals surface area contributed by atoms with Crippen LogP contribution in [0.5, 0.6) is 5.75 Å². The van der Waals surface area contributed by atoms with Gasteiger partial charge in [-0.15, -0.1) is 13.2 Å². The van der Waals surface area contributed by atoms with E-state index in [1.54, 1.807) is 6.07 Å². The molecule has 2 nitrogen and oxygen atoms in total. The van der Waals surface area contributed by atoms with E-state index in [4.69, 9.17) is 4.74 Å². The van der Waals surface area contributed by atoms with Crippen LogP contribution in [0.2, 0.25) is 0 Å². The van der Waals surface area contributed by atoms with E-state index in [9.17, 15) is 17.6 Å². The van der Waals surface area contributed by atoms with E-state index in [0.717, 1.165) is 0 Å². The monoisotopic (exact) mass is 238 g/mol. The number of aryl methyl sites for hydroxylation is 1. The third kappa shape index (κ3) is 4.06. The summed E-state index contributed by atoms with van der Waals surface area (Å²) in [5, 5.41) is 0. The Balaban J connectivity index is 2.41. The lowest BCUT2D eigenvalue weighted by atomic mass is 10.2. The van der Waals surface area contributed by atoms with Crippen LogP contribution < -0.4 is 4.74 Å². The summed E-state index contributed by atoms with van der Waals surface area (Å²) in [7, 11) is 0. The Kier molecular flexibility index (Phi) is 4.12. The van der Waals surface area contributed by atoms with Crippen LogP contribution in [0.25, 0.3) is 0 Å². The average molecular weight is 238 g/mol. The van der Waals surface area contributed by atoms with E-state index in [-0.39, 0.29) is 12.4 Å². The van der Waals surface area contributed by atoms with Crippen LogP contribution in [0.3, 0.4) is 0 Å². The Morgan fingerprint density at radius 1 is 1.19 bits per heavy atom. The number of hydrogen-bond donors (Lipinski definition) is 0. The van der Waals surface area contributed by atoms with Gasteiger partial charge < -0.3 is 4.74 Å². The predicted octanol–water partition coefficient (Wildman–Crippen LogP) is 3.05. The summed E-state index contributed by atoms with van der Waals surface area (Å²) >= 11 is 0. The van der Waals surface area contributed by atoms with Crippen LogP contribution in [-0.2, 0) is 4.74 Å². The lowest BCUT2D eigenvalue weighted by Gasteiger charge is -2.10. The summed E-state index contributed by atoms with van der Waals surface area (Å²) in [4.78, 5) is 0. The van der Waals surface area contributed by atoms with Crippen LogP contribution >= 0.6 is 0 Å². The minimum Gasteiger partial charge on any atom is -0.488 e. The highest BCUT2D eigenvalue weighted by Gasteiger charge is 2.28. The Bertz CT molecular complexity index is 349. The molecule has 0 radical (unpaired) electrons. The zero-order chi connectivity index (χ0) is 12.2.